The molecule has 0 radical (unpaired) electrons. The number of carbonyl (C=O) groups excluding carboxylic acids is 2. The highest BCUT2D eigenvalue weighted by molar-refractivity contribution is 8.00. The van der Waals surface area contributed by atoms with Gasteiger partial charge in [-0.05, 0) is 36.4 Å². The van der Waals surface area contributed by atoms with Crippen LogP contribution < -0.4 is 9.47 Å². The third-order valence-electron chi connectivity index (χ3n) is 7.01. The summed E-state index contributed by atoms with van der Waals surface area (Å²) in [7, 11) is 2.83. The van der Waals surface area contributed by atoms with Crippen molar-refractivity contribution in [2.45, 2.75) is 59.7 Å². The van der Waals surface area contributed by atoms with Crippen molar-refractivity contribution in [3.63, 3.8) is 0 Å². The first-order valence-corrected chi connectivity index (χ1v) is 14.2. The van der Waals surface area contributed by atoms with Gasteiger partial charge in [-0.3, -0.25) is 0 Å². The number of rotatable bonds is 10. The van der Waals surface area contributed by atoms with Gasteiger partial charge in [0.15, 0.2) is 12.2 Å². The molecule has 2 aliphatic heterocycles. The topological polar surface area (TPSA) is 211 Å². The Morgan fingerprint density at radius 2 is 1.09 bits per heavy atom. The van der Waals surface area contributed by atoms with E-state index in [-0.39, 0.29) is 11.1 Å². The Hall–Kier alpha value is -2.99. The Bertz CT molecular complexity index is 1150. The second-order valence-corrected chi connectivity index (χ2v) is 11.0. The second kappa shape index (κ2) is 14.7. The quantitative estimate of drug-likeness (QED) is 0.176. The summed E-state index contributed by atoms with van der Waals surface area (Å²) in [4.78, 5) is 25.7. The zero-order valence-electron chi connectivity index (χ0n) is 23.2. The Kier molecular flexibility index (Phi) is 11.2. The standard InChI is InChI=1S/C28H34O14S/c1-37-15-7-3-5-13(9-15)25(35)41-23-19(31)17(11-29)39-27(21(23)33)43-28-22(34)24(20(32)18(12-30)40-28)42-26(36)14-6-4-8-16(10-14)38-2/h3-10,17-24,27-34H,11-12H2,1-2H3/t17-,18-,19+,20+,21-,22-,23+,24+,27+,28+/m1/s1. The van der Waals surface area contributed by atoms with Crippen LogP contribution in [0.1, 0.15) is 20.7 Å². The fourth-order valence-electron chi connectivity index (χ4n) is 4.63. The summed E-state index contributed by atoms with van der Waals surface area (Å²) in [6, 6.07) is 12.0. The van der Waals surface area contributed by atoms with Crippen LogP contribution in [-0.2, 0) is 18.9 Å². The van der Waals surface area contributed by atoms with E-state index in [1.165, 1.54) is 38.5 Å². The highest BCUT2D eigenvalue weighted by Crippen LogP contribution is 2.38. The Morgan fingerprint density at radius 3 is 1.44 bits per heavy atom. The highest BCUT2D eigenvalue weighted by atomic mass is 32.2. The highest BCUT2D eigenvalue weighted by Gasteiger charge is 2.52. The van der Waals surface area contributed by atoms with Crippen LogP contribution in [0.3, 0.4) is 0 Å². The average molecular weight is 627 g/mol. The van der Waals surface area contributed by atoms with Crippen LogP contribution in [0.2, 0.25) is 0 Å². The molecule has 0 bridgehead atoms. The van der Waals surface area contributed by atoms with Gasteiger partial charge in [-0.25, -0.2) is 9.59 Å². The normalized spacial score (nSPS) is 32.5. The summed E-state index contributed by atoms with van der Waals surface area (Å²) in [5.74, 6) is -1.05. The number of thioether (sulfide) groups is 1. The van der Waals surface area contributed by atoms with Gasteiger partial charge in [-0.15, -0.1) is 0 Å². The number of ether oxygens (including phenoxy) is 6. The van der Waals surface area contributed by atoms with Crippen LogP contribution in [0.25, 0.3) is 0 Å². The van der Waals surface area contributed by atoms with Gasteiger partial charge in [-0.1, -0.05) is 23.9 Å². The lowest BCUT2D eigenvalue weighted by atomic mass is 9.99. The molecule has 0 spiro atoms. The molecule has 4 rings (SSSR count). The van der Waals surface area contributed by atoms with Crippen molar-refractivity contribution in [3.05, 3.63) is 59.7 Å². The maximum atomic E-state index is 12.9. The van der Waals surface area contributed by atoms with E-state index in [1.54, 1.807) is 24.3 Å². The van der Waals surface area contributed by atoms with Gasteiger partial charge in [0, 0.05) is 0 Å². The summed E-state index contributed by atoms with van der Waals surface area (Å²) in [5, 5.41) is 63.2. The predicted molar refractivity (Wildman–Crippen MR) is 148 cm³/mol. The molecule has 2 heterocycles. The first kappa shape index (κ1) is 32.9. The van der Waals surface area contributed by atoms with Crippen molar-refractivity contribution >= 4 is 23.7 Å². The fraction of sp³-hybridized carbons (Fsp3) is 0.500. The van der Waals surface area contributed by atoms with Crippen LogP contribution >= 0.6 is 11.8 Å². The summed E-state index contributed by atoms with van der Waals surface area (Å²) >= 11 is 0.654. The number of esters is 2. The SMILES string of the molecule is COc1cccc(C(=O)O[C@H]2[C@@H](O)[C@@H](CO)O[C@@H](S[C@@H]3O[C@H](CO)[C@H](O)[C@H](OC(=O)c4cccc(OC)c4)[C@H]3O)[C@@H]2O)c1. The third-order valence-corrected chi connectivity index (χ3v) is 8.33. The monoisotopic (exact) mass is 626 g/mol. The third kappa shape index (κ3) is 7.39. The van der Waals surface area contributed by atoms with Crippen LogP contribution in [0.4, 0.5) is 0 Å². The van der Waals surface area contributed by atoms with Crippen LogP contribution in [0.15, 0.2) is 48.5 Å². The summed E-state index contributed by atoms with van der Waals surface area (Å²) < 4.78 is 32.3. The number of benzene rings is 2. The number of methoxy groups -OCH3 is 2. The molecular formula is C28H34O14S. The molecule has 2 saturated heterocycles. The molecule has 6 N–H and O–H groups in total. The van der Waals surface area contributed by atoms with E-state index in [0.717, 1.165) is 0 Å². The average Bonchev–Trinajstić information content (AvgIpc) is 3.03. The van der Waals surface area contributed by atoms with Gasteiger partial charge >= 0.3 is 11.9 Å². The smallest absolute Gasteiger partial charge is 0.338 e. The second-order valence-electron chi connectivity index (χ2n) is 9.75. The first-order valence-electron chi connectivity index (χ1n) is 13.2. The van der Waals surface area contributed by atoms with E-state index in [0.29, 0.717) is 23.3 Å². The number of aliphatic hydroxyl groups is 6. The molecule has 10 atom stereocenters. The van der Waals surface area contributed by atoms with Gasteiger partial charge in [0.1, 0.15) is 59.0 Å². The molecule has 43 heavy (non-hydrogen) atoms. The van der Waals surface area contributed by atoms with Crippen molar-refractivity contribution in [3.8, 4) is 11.5 Å². The lowest BCUT2D eigenvalue weighted by molar-refractivity contribution is -0.215. The maximum Gasteiger partial charge on any atom is 0.338 e. The molecule has 2 aromatic carbocycles. The molecule has 2 aliphatic rings. The molecule has 0 amide bonds. The van der Waals surface area contributed by atoms with E-state index in [4.69, 9.17) is 28.4 Å². The summed E-state index contributed by atoms with van der Waals surface area (Å²) in [6.07, 6.45) is -12.5. The van der Waals surface area contributed by atoms with Crippen molar-refractivity contribution in [2.24, 2.45) is 0 Å². The zero-order valence-corrected chi connectivity index (χ0v) is 24.0. The van der Waals surface area contributed by atoms with Crippen LogP contribution in [0, 0.1) is 0 Å². The van der Waals surface area contributed by atoms with E-state index in [1.807, 2.05) is 0 Å². The lowest BCUT2D eigenvalue weighted by Crippen LogP contribution is -2.62. The fourth-order valence-corrected chi connectivity index (χ4v) is 5.93. The zero-order chi connectivity index (χ0) is 31.3. The molecule has 14 nitrogen and oxygen atoms in total. The van der Waals surface area contributed by atoms with E-state index in [9.17, 15) is 40.2 Å². The van der Waals surface area contributed by atoms with Crippen molar-refractivity contribution in [2.75, 3.05) is 27.4 Å². The molecular weight excluding hydrogens is 592 g/mol. The molecule has 2 fully saturated rings. The Labute approximate surface area is 250 Å². The molecule has 0 unspecified atom stereocenters. The Morgan fingerprint density at radius 1 is 0.698 bits per heavy atom. The number of hydrogen-bond acceptors (Lipinski definition) is 15. The number of carbonyl (C=O) groups is 2. The van der Waals surface area contributed by atoms with E-state index in [2.05, 4.69) is 0 Å². The van der Waals surface area contributed by atoms with Gasteiger partial charge in [0.25, 0.3) is 0 Å². The molecule has 2 aromatic rings. The maximum absolute atomic E-state index is 12.9. The molecule has 236 valence electrons. The largest absolute Gasteiger partial charge is 0.497 e. The Balaban J connectivity index is 1.51. The summed E-state index contributed by atoms with van der Waals surface area (Å²) in [5.41, 5.74) is -2.59. The minimum absolute atomic E-state index is 0.0708. The van der Waals surface area contributed by atoms with Crippen molar-refractivity contribution < 1.29 is 68.6 Å². The molecule has 15 heteroatoms. The van der Waals surface area contributed by atoms with E-state index < -0.39 is 84.9 Å². The van der Waals surface area contributed by atoms with Crippen molar-refractivity contribution in [1.29, 1.82) is 0 Å². The molecule has 0 aromatic heterocycles. The summed E-state index contributed by atoms with van der Waals surface area (Å²) in [6.45, 7) is -1.43. The van der Waals surface area contributed by atoms with Gasteiger partial charge in [0.2, 0.25) is 0 Å². The first-order chi connectivity index (χ1) is 20.6. The molecule has 0 saturated carbocycles. The number of aliphatic hydroxyl groups excluding tert-OH is 6. The predicted octanol–water partition coefficient (Wildman–Crippen LogP) is -0.934. The van der Waals surface area contributed by atoms with Crippen LogP contribution in [-0.4, -0.2) is 130 Å². The van der Waals surface area contributed by atoms with Gasteiger partial charge in [-0.2, -0.15) is 0 Å². The number of hydrogen-bond donors (Lipinski definition) is 6. The lowest BCUT2D eigenvalue weighted by Gasteiger charge is -2.45. The van der Waals surface area contributed by atoms with Crippen LogP contribution in [0.5, 0.6) is 11.5 Å². The van der Waals surface area contributed by atoms with Crippen molar-refractivity contribution in [1.82, 2.24) is 0 Å². The van der Waals surface area contributed by atoms with E-state index >= 15 is 0 Å². The van der Waals surface area contributed by atoms with Gasteiger partial charge in [0.05, 0.1) is 38.6 Å². The minimum atomic E-state index is -1.70. The minimum Gasteiger partial charge on any atom is -0.497 e. The molecule has 0 aliphatic carbocycles. The van der Waals surface area contributed by atoms with Gasteiger partial charge < -0.3 is 59.1 Å².